The van der Waals surface area contributed by atoms with Crippen molar-refractivity contribution in [3.63, 3.8) is 0 Å². The lowest BCUT2D eigenvalue weighted by Gasteiger charge is -1.97. The van der Waals surface area contributed by atoms with Gasteiger partial charge in [-0.25, -0.2) is 0 Å². The van der Waals surface area contributed by atoms with E-state index in [9.17, 15) is 4.79 Å². The summed E-state index contributed by atoms with van der Waals surface area (Å²) < 4.78 is 15.2. The molecule has 0 aliphatic heterocycles. The van der Waals surface area contributed by atoms with Crippen LogP contribution in [0.5, 0.6) is 0 Å². The van der Waals surface area contributed by atoms with Gasteiger partial charge in [-0.2, -0.15) is 4.98 Å². The van der Waals surface area contributed by atoms with Crippen molar-refractivity contribution in [3.8, 4) is 22.8 Å². The number of hydrogen-bond donors (Lipinski definition) is 1. The molecule has 0 fully saturated rings. The fourth-order valence-corrected chi connectivity index (χ4v) is 2.18. The minimum absolute atomic E-state index is 0.0394. The van der Waals surface area contributed by atoms with E-state index >= 15 is 0 Å². The Morgan fingerprint density at radius 3 is 2.85 bits per heavy atom. The van der Waals surface area contributed by atoms with E-state index in [4.69, 9.17) is 13.6 Å². The number of nitrogens with zero attached hydrogens (tertiary/aromatic N) is 5. The second-order valence-corrected chi connectivity index (χ2v) is 5.34. The maximum atomic E-state index is 12.2. The van der Waals surface area contributed by atoms with Crippen LogP contribution in [0.25, 0.3) is 22.8 Å². The molecule has 0 saturated carbocycles. The Morgan fingerprint density at radius 2 is 2.08 bits per heavy atom. The lowest BCUT2D eigenvalue weighted by molar-refractivity contribution is 0.0937. The standard InChI is InChI=1S/C16H12N6O4/c1-9-5-11(20-24-9)15-19-14(26-22-15)8-18-16(23)12-6-13(25-21-12)10-3-2-4-17-7-10/h2-7H,8H2,1H3,(H,18,23). The van der Waals surface area contributed by atoms with Crippen LogP contribution in [0.2, 0.25) is 0 Å². The molecule has 130 valence electrons. The topological polar surface area (TPSA) is 133 Å². The van der Waals surface area contributed by atoms with Gasteiger partial charge in [0, 0.05) is 30.1 Å². The molecule has 26 heavy (non-hydrogen) atoms. The minimum atomic E-state index is -0.430. The molecule has 0 atom stereocenters. The van der Waals surface area contributed by atoms with E-state index in [2.05, 4.69) is 30.8 Å². The quantitative estimate of drug-likeness (QED) is 0.572. The summed E-state index contributed by atoms with van der Waals surface area (Å²) in [5.41, 5.74) is 1.32. The Kier molecular flexibility index (Phi) is 3.98. The highest BCUT2D eigenvalue weighted by Crippen LogP contribution is 2.19. The largest absolute Gasteiger partial charge is 0.361 e. The smallest absolute Gasteiger partial charge is 0.273 e. The molecule has 1 amide bonds. The number of nitrogens with one attached hydrogen (secondary N) is 1. The molecule has 0 saturated heterocycles. The number of carbonyl (C=O) groups excluding carboxylic acids is 1. The molecular formula is C16H12N6O4. The second kappa shape index (κ2) is 6.59. The van der Waals surface area contributed by atoms with E-state index in [-0.39, 0.29) is 24.0 Å². The third-order valence-corrected chi connectivity index (χ3v) is 3.41. The SMILES string of the molecule is Cc1cc(-c2noc(CNC(=O)c3cc(-c4cccnc4)on3)n2)no1. The van der Waals surface area contributed by atoms with Gasteiger partial charge in [0.05, 0.1) is 6.54 Å². The first-order chi connectivity index (χ1) is 12.7. The molecule has 0 aliphatic rings. The fraction of sp³-hybridized carbons (Fsp3) is 0.125. The Morgan fingerprint density at radius 1 is 1.15 bits per heavy atom. The van der Waals surface area contributed by atoms with Crippen molar-refractivity contribution in [3.05, 3.63) is 54.0 Å². The third kappa shape index (κ3) is 3.20. The van der Waals surface area contributed by atoms with E-state index in [1.54, 1.807) is 37.5 Å². The van der Waals surface area contributed by atoms with Crippen molar-refractivity contribution >= 4 is 5.91 Å². The van der Waals surface area contributed by atoms with Crippen molar-refractivity contribution in [2.24, 2.45) is 0 Å². The highest BCUT2D eigenvalue weighted by Gasteiger charge is 2.16. The van der Waals surface area contributed by atoms with Gasteiger partial charge in [0.1, 0.15) is 5.76 Å². The van der Waals surface area contributed by atoms with E-state index in [0.717, 1.165) is 5.56 Å². The van der Waals surface area contributed by atoms with Gasteiger partial charge in [-0.05, 0) is 19.1 Å². The normalized spacial score (nSPS) is 10.8. The molecule has 0 spiro atoms. The molecule has 0 radical (unpaired) electrons. The van der Waals surface area contributed by atoms with Crippen LogP contribution in [0.15, 0.2) is 50.2 Å². The number of pyridine rings is 1. The zero-order valence-electron chi connectivity index (χ0n) is 13.5. The Labute approximate surface area is 146 Å². The van der Waals surface area contributed by atoms with Crippen molar-refractivity contribution < 1.29 is 18.4 Å². The zero-order chi connectivity index (χ0) is 17.9. The molecule has 0 bridgehead atoms. The average Bonchev–Trinajstić information content (AvgIpc) is 3.40. The molecule has 0 aliphatic carbocycles. The third-order valence-electron chi connectivity index (χ3n) is 3.41. The van der Waals surface area contributed by atoms with Crippen molar-refractivity contribution in [2.75, 3.05) is 0 Å². The molecule has 0 unspecified atom stereocenters. The number of hydrogen-bond acceptors (Lipinski definition) is 9. The van der Waals surface area contributed by atoms with E-state index in [1.807, 2.05) is 0 Å². The predicted octanol–water partition coefficient (Wildman–Crippen LogP) is 2.01. The molecule has 10 nitrogen and oxygen atoms in total. The Balaban J connectivity index is 1.40. The monoisotopic (exact) mass is 352 g/mol. The van der Waals surface area contributed by atoms with Crippen molar-refractivity contribution in [1.29, 1.82) is 0 Å². The summed E-state index contributed by atoms with van der Waals surface area (Å²) >= 11 is 0. The predicted molar refractivity (Wildman–Crippen MR) is 85.4 cm³/mol. The summed E-state index contributed by atoms with van der Waals surface area (Å²) in [7, 11) is 0. The first-order valence-electron chi connectivity index (χ1n) is 7.60. The van der Waals surface area contributed by atoms with Gasteiger partial charge in [0.2, 0.25) is 11.7 Å². The van der Waals surface area contributed by atoms with Crippen LogP contribution in [0.3, 0.4) is 0 Å². The maximum absolute atomic E-state index is 12.2. The Hall–Kier alpha value is -3.82. The molecule has 10 heteroatoms. The van der Waals surface area contributed by atoms with Crippen LogP contribution in [0.1, 0.15) is 22.1 Å². The van der Waals surface area contributed by atoms with Gasteiger partial charge in [-0.3, -0.25) is 9.78 Å². The van der Waals surface area contributed by atoms with Gasteiger partial charge >= 0.3 is 0 Å². The molecule has 4 rings (SSSR count). The lowest BCUT2D eigenvalue weighted by Crippen LogP contribution is -2.23. The summed E-state index contributed by atoms with van der Waals surface area (Å²) in [6, 6.07) is 6.79. The number of rotatable bonds is 5. The summed E-state index contributed by atoms with van der Waals surface area (Å²) in [4.78, 5) is 20.3. The van der Waals surface area contributed by atoms with Gasteiger partial charge in [-0.15, -0.1) is 0 Å². The van der Waals surface area contributed by atoms with Crippen LogP contribution in [0.4, 0.5) is 0 Å². The zero-order valence-corrected chi connectivity index (χ0v) is 13.5. The van der Waals surface area contributed by atoms with Crippen LogP contribution in [-0.2, 0) is 6.54 Å². The highest BCUT2D eigenvalue weighted by molar-refractivity contribution is 5.92. The van der Waals surface area contributed by atoms with E-state index < -0.39 is 5.91 Å². The summed E-state index contributed by atoms with van der Waals surface area (Å²) in [6.45, 7) is 1.80. The van der Waals surface area contributed by atoms with Crippen molar-refractivity contribution in [1.82, 2.24) is 30.8 Å². The van der Waals surface area contributed by atoms with Crippen molar-refractivity contribution in [2.45, 2.75) is 13.5 Å². The molecule has 0 aromatic carbocycles. The number of aryl methyl sites for hydroxylation is 1. The first kappa shape index (κ1) is 15.7. The van der Waals surface area contributed by atoms with E-state index in [1.165, 1.54) is 6.07 Å². The van der Waals surface area contributed by atoms with Crippen LogP contribution in [-0.4, -0.2) is 31.3 Å². The fourth-order valence-electron chi connectivity index (χ4n) is 2.18. The number of amides is 1. The number of aromatic nitrogens is 5. The summed E-state index contributed by atoms with van der Waals surface area (Å²) in [6.07, 6.45) is 3.26. The van der Waals surface area contributed by atoms with Gasteiger partial charge < -0.3 is 18.9 Å². The maximum Gasteiger partial charge on any atom is 0.273 e. The first-order valence-corrected chi connectivity index (χ1v) is 7.60. The van der Waals surface area contributed by atoms with Crippen LogP contribution >= 0.6 is 0 Å². The van der Waals surface area contributed by atoms with Crippen LogP contribution < -0.4 is 5.32 Å². The average molecular weight is 352 g/mol. The second-order valence-electron chi connectivity index (χ2n) is 5.34. The molecule has 4 aromatic heterocycles. The van der Waals surface area contributed by atoms with E-state index in [0.29, 0.717) is 17.2 Å². The summed E-state index contributed by atoms with van der Waals surface area (Å²) in [5.74, 6) is 1.16. The molecular weight excluding hydrogens is 340 g/mol. The minimum Gasteiger partial charge on any atom is -0.361 e. The Bertz CT molecular complexity index is 1040. The molecule has 1 N–H and O–H groups in total. The lowest BCUT2D eigenvalue weighted by atomic mass is 10.2. The molecule has 4 aromatic rings. The number of carbonyl (C=O) groups is 1. The van der Waals surface area contributed by atoms with Crippen LogP contribution in [0, 0.1) is 6.92 Å². The highest BCUT2D eigenvalue weighted by atomic mass is 16.5. The van der Waals surface area contributed by atoms with Gasteiger partial charge in [0.25, 0.3) is 5.91 Å². The summed E-state index contributed by atoms with van der Waals surface area (Å²) in [5, 5.41) is 14.0. The van der Waals surface area contributed by atoms with Gasteiger partial charge in [0.15, 0.2) is 17.1 Å². The van der Waals surface area contributed by atoms with Gasteiger partial charge in [-0.1, -0.05) is 15.5 Å². The molecule has 4 heterocycles.